The van der Waals surface area contributed by atoms with E-state index in [1.165, 1.54) is 23.9 Å². The summed E-state index contributed by atoms with van der Waals surface area (Å²) in [6.45, 7) is 3.64. The number of aryl methyl sites for hydroxylation is 1. The van der Waals surface area contributed by atoms with Gasteiger partial charge in [-0.2, -0.15) is 0 Å². The standard InChI is InChI=1S/C35H35N5O5S/c1-5-32(35(43)37-30-22-28(40(44)45)17-14-23(30)2)46-29-13-9-12-26(21-29)36-34(42)31(38-33(41)25-10-7-6-8-11-25)20-24-15-18-27(19-16-24)39(3)4/h6-22,32H,5H2,1-4H3,(H,36,42)(H,37,43)(H,38,41)/b31-20+. The number of nitro benzene ring substituents is 1. The quantitative estimate of drug-likeness (QED) is 0.0667. The summed E-state index contributed by atoms with van der Waals surface area (Å²) in [6.07, 6.45) is 2.10. The molecule has 0 radical (unpaired) electrons. The van der Waals surface area contributed by atoms with Crippen molar-refractivity contribution in [1.82, 2.24) is 5.32 Å². The summed E-state index contributed by atoms with van der Waals surface area (Å²) in [7, 11) is 3.87. The molecule has 4 rings (SSSR count). The topological polar surface area (TPSA) is 134 Å². The van der Waals surface area contributed by atoms with Gasteiger partial charge in [0.25, 0.3) is 17.5 Å². The molecule has 4 aromatic rings. The summed E-state index contributed by atoms with van der Waals surface area (Å²) in [5.41, 5.74) is 3.64. The number of rotatable bonds is 12. The van der Waals surface area contributed by atoms with Crippen molar-refractivity contribution in [3.05, 3.63) is 130 Å². The number of thioether (sulfide) groups is 1. The Morgan fingerprint density at radius 1 is 0.913 bits per heavy atom. The number of non-ortho nitro benzene ring substituents is 1. The number of anilines is 3. The van der Waals surface area contributed by atoms with Crippen molar-refractivity contribution < 1.29 is 19.3 Å². The number of carbonyl (C=O) groups is 3. The predicted octanol–water partition coefficient (Wildman–Crippen LogP) is 6.89. The maximum atomic E-state index is 13.5. The van der Waals surface area contributed by atoms with E-state index in [4.69, 9.17) is 0 Å². The molecule has 0 aromatic heterocycles. The molecule has 0 saturated heterocycles. The first-order chi connectivity index (χ1) is 22.0. The van der Waals surface area contributed by atoms with Crippen molar-refractivity contribution >= 4 is 58.3 Å². The van der Waals surface area contributed by atoms with Crippen LogP contribution in [0.2, 0.25) is 0 Å². The Bertz CT molecular complexity index is 1760. The first kappa shape index (κ1) is 33.5. The summed E-state index contributed by atoms with van der Waals surface area (Å²) in [5.74, 6) is -1.24. The molecule has 1 atom stereocenters. The summed E-state index contributed by atoms with van der Waals surface area (Å²) >= 11 is 1.31. The largest absolute Gasteiger partial charge is 0.378 e. The second kappa shape index (κ2) is 15.5. The second-order valence-electron chi connectivity index (χ2n) is 10.6. The van der Waals surface area contributed by atoms with Crippen LogP contribution in [0.1, 0.15) is 34.8 Å². The Balaban J connectivity index is 1.51. The highest BCUT2D eigenvalue weighted by Gasteiger charge is 2.21. The van der Waals surface area contributed by atoms with E-state index in [2.05, 4.69) is 16.0 Å². The third-order valence-electron chi connectivity index (χ3n) is 6.97. The van der Waals surface area contributed by atoms with E-state index in [9.17, 15) is 24.5 Å². The van der Waals surface area contributed by atoms with Gasteiger partial charge in [0.1, 0.15) is 5.70 Å². The van der Waals surface area contributed by atoms with Crippen molar-refractivity contribution in [1.29, 1.82) is 0 Å². The van der Waals surface area contributed by atoms with Gasteiger partial charge in [-0.05, 0) is 73.0 Å². The molecule has 0 heterocycles. The minimum Gasteiger partial charge on any atom is -0.378 e. The fourth-order valence-electron chi connectivity index (χ4n) is 4.38. The second-order valence-corrected chi connectivity index (χ2v) is 11.9. The lowest BCUT2D eigenvalue weighted by Gasteiger charge is -2.17. The Kier molecular flexibility index (Phi) is 11.3. The molecule has 0 aliphatic heterocycles. The normalized spacial score (nSPS) is 11.7. The van der Waals surface area contributed by atoms with Crippen molar-refractivity contribution in [2.75, 3.05) is 29.6 Å². The van der Waals surface area contributed by atoms with E-state index in [1.54, 1.807) is 67.6 Å². The molecule has 46 heavy (non-hydrogen) atoms. The molecule has 3 amide bonds. The van der Waals surface area contributed by atoms with Crippen molar-refractivity contribution in [2.24, 2.45) is 0 Å². The van der Waals surface area contributed by atoms with Crippen LogP contribution in [0.25, 0.3) is 6.08 Å². The molecule has 1 unspecified atom stereocenters. The van der Waals surface area contributed by atoms with E-state index in [-0.39, 0.29) is 17.3 Å². The van der Waals surface area contributed by atoms with Gasteiger partial charge in [-0.3, -0.25) is 24.5 Å². The lowest BCUT2D eigenvalue weighted by atomic mass is 10.1. The fraction of sp³-hybridized carbons (Fsp3) is 0.171. The minimum absolute atomic E-state index is 0.0580. The molecule has 0 spiro atoms. The van der Waals surface area contributed by atoms with Crippen LogP contribution in [0, 0.1) is 17.0 Å². The van der Waals surface area contributed by atoms with Crippen molar-refractivity contribution in [2.45, 2.75) is 30.4 Å². The van der Waals surface area contributed by atoms with Crippen molar-refractivity contribution in [3.8, 4) is 0 Å². The number of nitrogens with zero attached hydrogens (tertiary/aromatic N) is 2. The van der Waals surface area contributed by atoms with Gasteiger partial charge in [-0.25, -0.2) is 0 Å². The Hall–Kier alpha value is -5.42. The summed E-state index contributed by atoms with van der Waals surface area (Å²) in [4.78, 5) is 53.1. The highest BCUT2D eigenvalue weighted by Crippen LogP contribution is 2.30. The zero-order chi connectivity index (χ0) is 33.2. The smallest absolute Gasteiger partial charge is 0.272 e. The van der Waals surface area contributed by atoms with Crippen LogP contribution in [0.3, 0.4) is 0 Å². The van der Waals surface area contributed by atoms with Crippen LogP contribution >= 0.6 is 11.8 Å². The molecule has 11 heteroatoms. The van der Waals surface area contributed by atoms with Crippen LogP contribution in [-0.4, -0.2) is 42.0 Å². The molecule has 0 aliphatic rings. The van der Waals surface area contributed by atoms with Crippen LogP contribution in [0.4, 0.5) is 22.7 Å². The SMILES string of the molecule is CCC(Sc1cccc(NC(=O)/C(=C\c2ccc(N(C)C)cc2)NC(=O)c2ccccc2)c1)C(=O)Nc1cc([N+](=O)[O-])ccc1C. The van der Waals surface area contributed by atoms with Gasteiger partial charge in [-0.1, -0.05) is 49.4 Å². The number of nitrogens with one attached hydrogen (secondary N) is 3. The van der Waals surface area contributed by atoms with Gasteiger partial charge >= 0.3 is 0 Å². The Labute approximate surface area is 272 Å². The number of benzene rings is 4. The number of amides is 3. The number of carbonyl (C=O) groups excluding carboxylic acids is 3. The van der Waals surface area contributed by atoms with Gasteiger partial charge in [0.2, 0.25) is 5.91 Å². The van der Waals surface area contributed by atoms with Gasteiger partial charge in [0, 0.05) is 48.1 Å². The first-order valence-corrected chi connectivity index (χ1v) is 15.4. The third kappa shape index (κ3) is 9.05. The number of hydrogen-bond donors (Lipinski definition) is 3. The van der Waals surface area contributed by atoms with E-state index < -0.39 is 22.0 Å². The van der Waals surface area contributed by atoms with E-state index in [0.29, 0.717) is 28.9 Å². The number of nitro groups is 1. The fourth-order valence-corrected chi connectivity index (χ4v) is 5.39. The third-order valence-corrected chi connectivity index (χ3v) is 8.33. The molecule has 236 valence electrons. The van der Waals surface area contributed by atoms with Crippen LogP contribution in [-0.2, 0) is 9.59 Å². The van der Waals surface area contributed by atoms with Crippen LogP contribution in [0.5, 0.6) is 0 Å². The van der Waals surface area contributed by atoms with Crippen LogP contribution < -0.4 is 20.9 Å². The molecule has 0 saturated carbocycles. The Morgan fingerprint density at radius 3 is 2.28 bits per heavy atom. The maximum absolute atomic E-state index is 13.5. The zero-order valence-corrected chi connectivity index (χ0v) is 26.8. The Morgan fingerprint density at radius 2 is 1.63 bits per heavy atom. The molecule has 3 N–H and O–H groups in total. The molecule has 0 bridgehead atoms. The summed E-state index contributed by atoms with van der Waals surface area (Å²) in [5, 5.41) is 19.1. The van der Waals surface area contributed by atoms with E-state index >= 15 is 0 Å². The molecule has 10 nitrogen and oxygen atoms in total. The highest BCUT2D eigenvalue weighted by atomic mass is 32.2. The van der Waals surface area contributed by atoms with Crippen LogP contribution in [0.15, 0.2) is 108 Å². The van der Waals surface area contributed by atoms with Gasteiger partial charge in [0.05, 0.1) is 15.9 Å². The molecule has 4 aromatic carbocycles. The van der Waals surface area contributed by atoms with E-state index in [0.717, 1.165) is 16.1 Å². The first-order valence-electron chi connectivity index (χ1n) is 14.5. The zero-order valence-electron chi connectivity index (χ0n) is 25.9. The highest BCUT2D eigenvalue weighted by molar-refractivity contribution is 8.00. The number of hydrogen-bond acceptors (Lipinski definition) is 7. The average Bonchev–Trinajstić information content (AvgIpc) is 3.04. The van der Waals surface area contributed by atoms with E-state index in [1.807, 2.05) is 56.3 Å². The maximum Gasteiger partial charge on any atom is 0.272 e. The minimum atomic E-state index is -0.519. The average molecular weight is 638 g/mol. The lowest BCUT2D eigenvalue weighted by Crippen LogP contribution is -2.30. The molecular formula is C35H35N5O5S. The van der Waals surface area contributed by atoms with Gasteiger partial charge < -0.3 is 20.9 Å². The predicted molar refractivity (Wildman–Crippen MR) is 184 cm³/mol. The van der Waals surface area contributed by atoms with Gasteiger partial charge in [-0.15, -0.1) is 11.8 Å². The summed E-state index contributed by atoms with van der Waals surface area (Å²) < 4.78 is 0. The lowest BCUT2D eigenvalue weighted by molar-refractivity contribution is -0.384. The van der Waals surface area contributed by atoms with Crippen molar-refractivity contribution in [3.63, 3.8) is 0 Å². The molecule has 0 fully saturated rings. The summed E-state index contributed by atoms with van der Waals surface area (Å²) in [6, 6.07) is 27.6. The molecular weight excluding hydrogens is 602 g/mol. The molecule has 0 aliphatic carbocycles. The monoisotopic (exact) mass is 637 g/mol. The van der Waals surface area contributed by atoms with Gasteiger partial charge in [0.15, 0.2) is 0 Å².